The fourth-order valence-electron chi connectivity index (χ4n) is 2.91. The zero-order valence-corrected chi connectivity index (χ0v) is 15.1. The molecule has 0 saturated heterocycles. The number of hydrogen-bond acceptors (Lipinski definition) is 5. The Balaban J connectivity index is 1.48. The normalized spacial score (nSPS) is 15.3. The number of furan rings is 1. The molecule has 144 valence electrons. The molecule has 0 spiro atoms. The lowest BCUT2D eigenvalue weighted by Gasteiger charge is -2.16. The van der Waals surface area contributed by atoms with Gasteiger partial charge < -0.3 is 19.2 Å². The number of ether oxygens (including phenoxy) is 2. The van der Waals surface area contributed by atoms with Gasteiger partial charge in [0.2, 0.25) is 5.76 Å². The lowest BCUT2D eigenvalue weighted by Crippen LogP contribution is -2.40. The second-order valence-electron chi connectivity index (χ2n) is 6.55. The first kappa shape index (κ1) is 18.9. The average molecular weight is 375 g/mol. The van der Waals surface area contributed by atoms with Crippen LogP contribution in [0.4, 0.5) is 4.39 Å². The van der Waals surface area contributed by atoms with Crippen molar-refractivity contribution in [1.82, 2.24) is 5.32 Å². The molecule has 6 nitrogen and oxygen atoms in total. The van der Waals surface area contributed by atoms with Crippen LogP contribution < -0.4 is 10.1 Å². The van der Waals surface area contributed by atoms with Gasteiger partial charge in [0.25, 0.3) is 5.91 Å². The predicted molar refractivity (Wildman–Crippen MR) is 94.7 cm³/mol. The van der Waals surface area contributed by atoms with E-state index < -0.39 is 12.1 Å². The van der Waals surface area contributed by atoms with Gasteiger partial charge in [0, 0.05) is 6.04 Å². The van der Waals surface area contributed by atoms with Gasteiger partial charge in [-0.25, -0.2) is 9.18 Å². The Bertz CT molecular complexity index is 780. The van der Waals surface area contributed by atoms with E-state index in [0.717, 1.165) is 25.7 Å². The van der Waals surface area contributed by atoms with Gasteiger partial charge in [-0.1, -0.05) is 12.8 Å². The molecule has 2 aromatic rings. The van der Waals surface area contributed by atoms with Crippen LogP contribution in [0.25, 0.3) is 0 Å². The van der Waals surface area contributed by atoms with Crippen molar-refractivity contribution in [3.05, 3.63) is 53.7 Å². The summed E-state index contributed by atoms with van der Waals surface area (Å²) in [4.78, 5) is 24.2. The molecule has 27 heavy (non-hydrogen) atoms. The summed E-state index contributed by atoms with van der Waals surface area (Å²) in [5.41, 5.74) is 0. The highest BCUT2D eigenvalue weighted by atomic mass is 19.1. The summed E-state index contributed by atoms with van der Waals surface area (Å²) in [5, 5.41) is 2.89. The van der Waals surface area contributed by atoms with E-state index in [0.29, 0.717) is 11.5 Å². The maximum absolute atomic E-state index is 12.9. The van der Waals surface area contributed by atoms with Crippen LogP contribution in [0.15, 0.2) is 40.8 Å². The molecule has 1 aliphatic carbocycles. The summed E-state index contributed by atoms with van der Waals surface area (Å²) in [6.45, 7) is 1.61. The number of nitrogens with one attached hydrogen (secondary N) is 1. The van der Waals surface area contributed by atoms with Gasteiger partial charge >= 0.3 is 5.97 Å². The van der Waals surface area contributed by atoms with Crippen LogP contribution >= 0.6 is 0 Å². The summed E-state index contributed by atoms with van der Waals surface area (Å²) in [7, 11) is 0. The van der Waals surface area contributed by atoms with Crippen LogP contribution in [-0.4, -0.2) is 24.0 Å². The Morgan fingerprint density at radius 2 is 1.89 bits per heavy atom. The predicted octanol–water partition coefficient (Wildman–Crippen LogP) is 3.60. The molecular weight excluding hydrogens is 353 g/mol. The van der Waals surface area contributed by atoms with E-state index in [1.165, 1.54) is 37.3 Å². The van der Waals surface area contributed by atoms with Crippen molar-refractivity contribution in [1.29, 1.82) is 0 Å². The molecule has 0 unspecified atom stereocenters. The number of amides is 1. The number of esters is 1. The molecule has 1 aliphatic rings. The Labute approximate surface area is 156 Å². The molecule has 1 fully saturated rings. The van der Waals surface area contributed by atoms with Gasteiger partial charge in [-0.2, -0.15) is 0 Å². The second-order valence-corrected chi connectivity index (χ2v) is 6.55. The summed E-state index contributed by atoms with van der Waals surface area (Å²) < 4.78 is 28.9. The third-order valence-electron chi connectivity index (χ3n) is 4.41. The van der Waals surface area contributed by atoms with Crippen molar-refractivity contribution in [2.75, 3.05) is 0 Å². The molecule has 1 aromatic heterocycles. The molecular formula is C20H22FNO5. The monoisotopic (exact) mass is 375 g/mol. The molecule has 0 radical (unpaired) electrons. The standard InChI is InChI=1S/C20H22FNO5/c1-13(19(23)22-15-4-2-3-5-15)26-20(24)18-11-10-17(27-18)12-25-16-8-6-14(21)7-9-16/h6-11,13,15H,2-5,12H2,1H3,(H,22,23)/t13-/m0/s1. The zero-order valence-electron chi connectivity index (χ0n) is 15.1. The lowest BCUT2D eigenvalue weighted by molar-refractivity contribution is -0.129. The first-order valence-corrected chi connectivity index (χ1v) is 8.99. The number of halogens is 1. The highest BCUT2D eigenvalue weighted by Gasteiger charge is 2.24. The smallest absolute Gasteiger partial charge is 0.375 e. The molecule has 7 heteroatoms. The molecule has 1 amide bonds. The summed E-state index contributed by atoms with van der Waals surface area (Å²) in [6, 6.07) is 8.79. The highest BCUT2D eigenvalue weighted by Crippen LogP contribution is 2.18. The van der Waals surface area contributed by atoms with Gasteiger partial charge in [-0.3, -0.25) is 4.79 Å². The largest absolute Gasteiger partial charge is 0.486 e. The van der Waals surface area contributed by atoms with E-state index in [2.05, 4.69) is 5.32 Å². The van der Waals surface area contributed by atoms with Gasteiger partial charge in [-0.05, 0) is 56.2 Å². The fraction of sp³-hybridized carbons (Fsp3) is 0.400. The summed E-state index contributed by atoms with van der Waals surface area (Å²) in [6.07, 6.45) is 3.23. The Morgan fingerprint density at radius 1 is 1.19 bits per heavy atom. The van der Waals surface area contributed by atoms with Gasteiger partial charge in [-0.15, -0.1) is 0 Å². The zero-order chi connectivity index (χ0) is 19.2. The maximum atomic E-state index is 12.9. The minimum atomic E-state index is -0.901. The van der Waals surface area contributed by atoms with E-state index in [4.69, 9.17) is 13.9 Å². The molecule has 0 bridgehead atoms. The Morgan fingerprint density at radius 3 is 2.59 bits per heavy atom. The van der Waals surface area contributed by atoms with Crippen LogP contribution in [0, 0.1) is 5.82 Å². The van der Waals surface area contributed by atoms with Crippen LogP contribution in [0.3, 0.4) is 0 Å². The lowest BCUT2D eigenvalue weighted by atomic mass is 10.2. The fourth-order valence-corrected chi connectivity index (χ4v) is 2.91. The minimum absolute atomic E-state index is 0.00628. The van der Waals surface area contributed by atoms with E-state index in [-0.39, 0.29) is 30.1 Å². The van der Waals surface area contributed by atoms with E-state index in [1.807, 2.05) is 0 Å². The van der Waals surface area contributed by atoms with Crippen molar-refractivity contribution in [2.45, 2.75) is 51.4 Å². The van der Waals surface area contributed by atoms with Crippen molar-refractivity contribution in [3.63, 3.8) is 0 Å². The molecule has 1 N–H and O–H groups in total. The summed E-state index contributed by atoms with van der Waals surface area (Å²) >= 11 is 0. The number of carbonyl (C=O) groups excluding carboxylic acids is 2. The maximum Gasteiger partial charge on any atom is 0.375 e. The Hall–Kier alpha value is -2.83. The van der Waals surface area contributed by atoms with Gasteiger partial charge in [0.05, 0.1) is 0 Å². The van der Waals surface area contributed by atoms with E-state index >= 15 is 0 Å². The van der Waals surface area contributed by atoms with E-state index in [1.54, 1.807) is 6.07 Å². The first-order valence-electron chi connectivity index (χ1n) is 8.99. The number of hydrogen-bond donors (Lipinski definition) is 1. The van der Waals surface area contributed by atoms with Crippen molar-refractivity contribution < 1.29 is 27.9 Å². The molecule has 1 heterocycles. The number of rotatable bonds is 7. The van der Waals surface area contributed by atoms with Crippen molar-refractivity contribution in [2.24, 2.45) is 0 Å². The SMILES string of the molecule is C[C@H](OC(=O)c1ccc(COc2ccc(F)cc2)o1)C(=O)NC1CCCC1. The number of benzene rings is 1. The second kappa shape index (κ2) is 8.70. The molecule has 1 aromatic carbocycles. The number of carbonyl (C=O) groups is 2. The van der Waals surface area contributed by atoms with E-state index in [9.17, 15) is 14.0 Å². The van der Waals surface area contributed by atoms with Gasteiger partial charge in [0.15, 0.2) is 6.10 Å². The minimum Gasteiger partial charge on any atom is -0.486 e. The molecule has 0 aliphatic heterocycles. The van der Waals surface area contributed by atoms with Crippen LogP contribution in [-0.2, 0) is 16.1 Å². The van der Waals surface area contributed by atoms with Crippen LogP contribution in [0.2, 0.25) is 0 Å². The molecule has 1 atom stereocenters. The third kappa shape index (κ3) is 5.32. The first-order chi connectivity index (χ1) is 13.0. The van der Waals surface area contributed by atoms with Crippen LogP contribution in [0.5, 0.6) is 5.75 Å². The highest BCUT2D eigenvalue weighted by molar-refractivity contribution is 5.90. The quantitative estimate of drug-likeness (QED) is 0.748. The van der Waals surface area contributed by atoms with Gasteiger partial charge in [0.1, 0.15) is 23.9 Å². The molecule has 1 saturated carbocycles. The van der Waals surface area contributed by atoms with Crippen molar-refractivity contribution >= 4 is 11.9 Å². The van der Waals surface area contributed by atoms with Crippen LogP contribution in [0.1, 0.15) is 48.9 Å². The summed E-state index contributed by atoms with van der Waals surface area (Å²) in [5.74, 6) is -0.480. The van der Waals surface area contributed by atoms with Crippen molar-refractivity contribution in [3.8, 4) is 5.75 Å². The Kier molecular flexibility index (Phi) is 6.11. The molecule has 3 rings (SSSR count). The topological polar surface area (TPSA) is 77.8 Å². The third-order valence-corrected chi connectivity index (χ3v) is 4.41. The average Bonchev–Trinajstić information content (AvgIpc) is 3.33.